The fourth-order valence-electron chi connectivity index (χ4n) is 2.04. The number of hydrazine groups is 1. The Morgan fingerprint density at radius 3 is 2.94 bits per heavy atom. The van der Waals surface area contributed by atoms with Crippen LogP contribution < -0.4 is 10.7 Å². The van der Waals surface area contributed by atoms with Crippen LogP contribution in [0.1, 0.15) is 12.8 Å². The van der Waals surface area contributed by atoms with Gasteiger partial charge in [-0.3, -0.25) is 14.8 Å². The Bertz CT molecular complexity index is 410. The maximum absolute atomic E-state index is 13.2. The number of hydrogen-bond acceptors (Lipinski definition) is 3. The smallest absolute Gasteiger partial charge is 0.241 e. The molecule has 0 bridgehead atoms. The van der Waals surface area contributed by atoms with Crippen molar-refractivity contribution >= 4 is 11.6 Å². The number of carbonyl (C=O) groups is 1. The van der Waals surface area contributed by atoms with E-state index in [9.17, 15) is 9.18 Å². The Balaban J connectivity index is 2.24. The molecule has 0 unspecified atom stereocenters. The fourth-order valence-corrected chi connectivity index (χ4v) is 2.04. The highest BCUT2D eigenvalue weighted by Gasteiger charge is 2.25. The van der Waals surface area contributed by atoms with Gasteiger partial charge in [-0.15, -0.1) is 0 Å². The Morgan fingerprint density at radius 1 is 1.41 bits per heavy atom. The zero-order valence-electron chi connectivity index (χ0n) is 9.60. The SMILES string of the molecule is NCCN1C(=O)CCCN1c1cccc(F)c1. The molecule has 2 rings (SSSR count). The molecule has 1 fully saturated rings. The van der Waals surface area contributed by atoms with E-state index in [2.05, 4.69) is 0 Å². The number of nitrogens with zero attached hydrogens (tertiary/aromatic N) is 2. The zero-order valence-corrected chi connectivity index (χ0v) is 9.60. The molecule has 4 nitrogen and oxygen atoms in total. The number of rotatable bonds is 3. The van der Waals surface area contributed by atoms with Crippen LogP contribution in [0.4, 0.5) is 10.1 Å². The summed E-state index contributed by atoms with van der Waals surface area (Å²) in [7, 11) is 0. The predicted molar refractivity (Wildman–Crippen MR) is 63.7 cm³/mol. The van der Waals surface area contributed by atoms with Gasteiger partial charge in [0.05, 0.1) is 12.2 Å². The number of anilines is 1. The molecule has 92 valence electrons. The summed E-state index contributed by atoms with van der Waals surface area (Å²) < 4.78 is 13.2. The number of nitrogens with two attached hydrogens (primary N) is 1. The van der Waals surface area contributed by atoms with Gasteiger partial charge in [-0.1, -0.05) is 6.07 Å². The molecule has 0 spiro atoms. The summed E-state index contributed by atoms with van der Waals surface area (Å²) in [6.45, 7) is 1.59. The second kappa shape index (κ2) is 5.14. The van der Waals surface area contributed by atoms with Gasteiger partial charge in [0, 0.05) is 19.5 Å². The first-order valence-corrected chi connectivity index (χ1v) is 5.76. The molecule has 0 atom stereocenters. The summed E-state index contributed by atoms with van der Waals surface area (Å²) >= 11 is 0. The first-order valence-electron chi connectivity index (χ1n) is 5.76. The van der Waals surface area contributed by atoms with Crippen molar-refractivity contribution in [3.05, 3.63) is 30.1 Å². The normalized spacial score (nSPS) is 16.5. The summed E-state index contributed by atoms with van der Waals surface area (Å²) in [4.78, 5) is 11.8. The number of benzene rings is 1. The minimum atomic E-state index is -0.298. The highest BCUT2D eigenvalue weighted by molar-refractivity contribution is 5.79. The topological polar surface area (TPSA) is 49.6 Å². The van der Waals surface area contributed by atoms with Crippen molar-refractivity contribution in [2.45, 2.75) is 12.8 Å². The number of carbonyl (C=O) groups excluding carboxylic acids is 1. The van der Waals surface area contributed by atoms with Crippen LogP contribution >= 0.6 is 0 Å². The second-order valence-corrected chi connectivity index (χ2v) is 4.01. The van der Waals surface area contributed by atoms with Crippen LogP contribution in [0.5, 0.6) is 0 Å². The lowest BCUT2D eigenvalue weighted by Gasteiger charge is -2.39. The molecule has 2 N–H and O–H groups in total. The van der Waals surface area contributed by atoms with Crippen molar-refractivity contribution in [3.8, 4) is 0 Å². The Morgan fingerprint density at radius 2 is 2.24 bits per heavy atom. The number of amides is 1. The van der Waals surface area contributed by atoms with Crippen LogP contribution in [0.2, 0.25) is 0 Å². The van der Waals surface area contributed by atoms with E-state index in [0.29, 0.717) is 25.2 Å². The first kappa shape index (κ1) is 11.9. The molecule has 0 saturated carbocycles. The van der Waals surface area contributed by atoms with Gasteiger partial charge >= 0.3 is 0 Å². The van der Waals surface area contributed by atoms with Crippen LogP contribution in [0.15, 0.2) is 24.3 Å². The third-order valence-corrected chi connectivity index (χ3v) is 2.79. The van der Waals surface area contributed by atoms with Gasteiger partial charge in [0.15, 0.2) is 0 Å². The highest BCUT2D eigenvalue weighted by atomic mass is 19.1. The van der Waals surface area contributed by atoms with Gasteiger partial charge in [0.2, 0.25) is 5.91 Å². The molecule has 1 heterocycles. The molecule has 0 aliphatic carbocycles. The summed E-state index contributed by atoms with van der Waals surface area (Å²) in [5.74, 6) is -0.251. The van der Waals surface area contributed by atoms with Gasteiger partial charge in [0.25, 0.3) is 0 Å². The van der Waals surface area contributed by atoms with Crippen LogP contribution in [-0.2, 0) is 4.79 Å². The van der Waals surface area contributed by atoms with Crippen LogP contribution in [-0.4, -0.2) is 30.6 Å². The highest BCUT2D eigenvalue weighted by Crippen LogP contribution is 2.22. The van der Waals surface area contributed by atoms with Crippen molar-refractivity contribution in [1.29, 1.82) is 0 Å². The van der Waals surface area contributed by atoms with Crippen molar-refractivity contribution in [2.75, 3.05) is 24.6 Å². The standard InChI is InChI=1S/C12H16FN3O/c13-10-3-1-4-11(9-10)15-7-2-5-12(17)16(15)8-6-14/h1,3-4,9H,2,5-8,14H2. The molecule has 1 aliphatic rings. The molecule has 0 radical (unpaired) electrons. The van der Waals surface area contributed by atoms with Gasteiger partial charge < -0.3 is 5.73 Å². The fraction of sp³-hybridized carbons (Fsp3) is 0.417. The molecular weight excluding hydrogens is 221 g/mol. The average Bonchev–Trinajstić information content (AvgIpc) is 2.32. The summed E-state index contributed by atoms with van der Waals surface area (Å²) in [5, 5.41) is 3.42. The van der Waals surface area contributed by atoms with Gasteiger partial charge in [-0.25, -0.2) is 4.39 Å². The quantitative estimate of drug-likeness (QED) is 0.857. The van der Waals surface area contributed by atoms with E-state index in [0.717, 1.165) is 13.0 Å². The number of hydrogen-bond donors (Lipinski definition) is 1. The summed E-state index contributed by atoms with van der Waals surface area (Å²) in [5.41, 5.74) is 6.20. The molecule has 1 aromatic rings. The Kier molecular flexibility index (Phi) is 3.58. The zero-order chi connectivity index (χ0) is 12.3. The molecule has 1 saturated heterocycles. The van der Waals surface area contributed by atoms with E-state index in [1.807, 2.05) is 5.01 Å². The number of halogens is 1. The van der Waals surface area contributed by atoms with E-state index in [-0.39, 0.29) is 11.7 Å². The van der Waals surface area contributed by atoms with Crippen molar-refractivity contribution in [1.82, 2.24) is 5.01 Å². The van der Waals surface area contributed by atoms with Crippen LogP contribution in [0.3, 0.4) is 0 Å². The van der Waals surface area contributed by atoms with Gasteiger partial charge in [0.1, 0.15) is 5.82 Å². The molecule has 0 aromatic heterocycles. The minimum Gasteiger partial charge on any atom is -0.329 e. The molecule has 1 aromatic carbocycles. The third-order valence-electron chi connectivity index (χ3n) is 2.79. The van der Waals surface area contributed by atoms with Crippen molar-refractivity contribution < 1.29 is 9.18 Å². The Labute approximate surface area is 99.8 Å². The van der Waals surface area contributed by atoms with Gasteiger partial charge in [-0.05, 0) is 24.6 Å². The molecule has 1 amide bonds. The lowest BCUT2D eigenvalue weighted by atomic mass is 10.2. The average molecular weight is 237 g/mol. The van der Waals surface area contributed by atoms with Crippen molar-refractivity contribution in [2.24, 2.45) is 5.73 Å². The summed E-state index contributed by atoms with van der Waals surface area (Å²) in [6, 6.07) is 6.26. The third kappa shape index (κ3) is 2.55. The second-order valence-electron chi connectivity index (χ2n) is 4.01. The van der Waals surface area contributed by atoms with Gasteiger partial charge in [-0.2, -0.15) is 0 Å². The van der Waals surface area contributed by atoms with E-state index in [1.165, 1.54) is 12.1 Å². The minimum absolute atomic E-state index is 0.0472. The molecule has 1 aliphatic heterocycles. The maximum atomic E-state index is 13.2. The van der Waals surface area contributed by atoms with E-state index < -0.39 is 0 Å². The lowest BCUT2D eigenvalue weighted by molar-refractivity contribution is -0.133. The van der Waals surface area contributed by atoms with Crippen LogP contribution in [0, 0.1) is 5.82 Å². The first-order chi connectivity index (χ1) is 8.22. The van der Waals surface area contributed by atoms with E-state index in [4.69, 9.17) is 5.73 Å². The monoisotopic (exact) mass is 237 g/mol. The lowest BCUT2D eigenvalue weighted by Crippen LogP contribution is -2.52. The molecular formula is C12H16FN3O. The summed E-state index contributed by atoms with van der Waals surface area (Å²) in [6.07, 6.45) is 1.32. The molecule has 5 heteroatoms. The van der Waals surface area contributed by atoms with Crippen LogP contribution in [0.25, 0.3) is 0 Å². The molecule has 17 heavy (non-hydrogen) atoms. The largest absolute Gasteiger partial charge is 0.329 e. The van der Waals surface area contributed by atoms with E-state index >= 15 is 0 Å². The maximum Gasteiger partial charge on any atom is 0.241 e. The predicted octanol–water partition coefficient (Wildman–Crippen LogP) is 1.13. The Hall–Kier alpha value is -1.62. The van der Waals surface area contributed by atoms with Crippen molar-refractivity contribution in [3.63, 3.8) is 0 Å². The van der Waals surface area contributed by atoms with E-state index in [1.54, 1.807) is 17.1 Å².